The third-order valence-electron chi connectivity index (χ3n) is 4.53. The van der Waals surface area contributed by atoms with Gasteiger partial charge in [-0.25, -0.2) is 10.9 Å². The minimum Gasteiger partial charge on any atom is -0.367 e. The number of aryl methyl sites for hydroxylation is 2. The number of nitrogens with one attached hydrogen (secondary N) is 5. The first-order valence-electron chi connectivity index (χ1n) is 8.65. The molecule has 2 aromatic carbocycles. The zero-order valence-electron chi connectivity index (χ0n) is 14.9. The summed E-state index contributed by atoms with van der Waals surface area (Å²) in [5.41, 5.74) is 13.4. The predicted octanol–water partition coefficient (Wildman–Crippen LogP) is 2.03. The summed E-state index contributed by atoms with van der Waals surface area (Å²) in [7, 11) is 0. The number of halogens is 1. The van der Waals surface area contributed by atoms with Gasteiger partial charge in [-0.2, -0.15) is 5.53 Å². The fourth-order valence-electron chi connectivity index (χ4n) is 2.80. The summed E-state index contributed by atoms with van der Waals surface area (Å²) in [5, 5.41) is 7.03. The highest BCUT2D eigenvalue weighted by molar-refractivity contribution is 6.30. The minimum atomic E-state index is -0.429. The Labute approximate surface area is 158 Å². The Balaban J connectivity index is 1.52. The van der Waals surface area contributed by atoms with Crippen LogP contribution in [0.15, 0.2) is 42.5 Å². The summed E-state index contributed by atoms with van der Waals surface area (Å²) >= 11 is 5.88. The molecule has 1 amide bonds. The van der Waals surface area contributed by atoms with E-state index in [1.165, 1.54) is 11.1 Å². The molecule has 1 heterocycles. The molecule has 0 aromatic heterocycles. The van der Waals surface area contributed by atoms with Crippen molar-refractivity contribution < 1.29 is 4.79 Å². The Hall–Kier alpha value is -2.12. The minimum absolute atomic E-state index is 0.0715. The van der Waals surface area contributed by atoms with Gasteiger partial charge in [0.2, 0.25) is 5.91 Å². The van der Waals surface area contributed by atoms with Crippen LogP contribution in [-0.2, 0) is 11.2 Å². The zero-order valence-corrected chi connectivity index (χ0v) is 15.7. The van der Waals surface area contributed by atoms with Crippen LogP contribution in [0.5, 0.6) is 0 Å². The Morgan fingerprint density at radius 3 is 2.58 bits per heavy atom. The molecule has 2 atom stereocenters. The molecular weight excluding hydrogens is 350 g/mol. The van der Waals surface area contributed by atoms with Gasteiger partial charge in [0.25, 0.3) is 0 Å². The lowest BCUT2D eigenvalue weighted by atomic mass is 10.1. The van der Waals surface area contributed by atoms with Crippen LogP contribution >= 0.6 is 11.6 Å². The second-order valence-corrected chi connectivity index (χ2v) is 6.92. The molecule has 1 fully saturated rings. The molecule has 6 nitrogen and oxygen atoms in total. The zero-order chi connectivity index (χ0) is 18.5. The van der Waals surface area contributed by atoms with E-state index in [2.05, 4.69) is 53.0 Å². The number of hydrazine groups is 2. The largest absolute Gasteiger partial charge is 0.367 e. The SMILES string of the molecule is Cc1ccc(NC2NNNC2C(=O)NCCc2ccc(Cl)cc2)cc1C. The van der Waals surface area contributed by atoms with Crippen molar-refractivity contribution >= 4 is 23.2 Å². The van der Waals surface area contributed by atoms with E-state index in [0.29, 0.717) is 11.6 Å². The van der Waals surface area contributed by atoms with E-state index in [-0.39, 0.29) is 12.1 Å². The highest BCUT2D eigenvalue weighted by atomic mass is 35.5. The van der Waals surface area contributed by atoms with E-state index < -0.39 is 6.04 Å². The second kappa shape index (κ2) is 8.51. The number of rotatable bonds is 6. The number of benzene rings is 2. The Morgan fingerprint density at radius 2 is 1.85 bits per heavy atom. The maximum absolute atomic E-state index is 12.5. The summed E-state index contributed by atoms with van der Waals surface area (Å²) in [6, 6.07) is 13.4. The molecule has 2 unspecified atom stereocenters. The lowest BCUT2D eigenvalue weighted by Gasteiger charge is -2.20. The smallest absolute Gasteiger partial charge is 0.242 e. The standard InChI is InChI=1S/C19H24ClN5O/c1-12-3-8-16(11-13(12)2)22-18-17(23-25-24-18)19(26)21-10-9-14-4-6-15(20)7-5-14/h3-8,11,17-18,22-25H,9-10H2,1-2H3,(H,21,26). The molecule has 2 aromatic rings. The van der Waals surface area contributed by atoms with Gasteiger partial charge < -0.3 is 10.6 Å². The lowest BCUT2D eigenvalue weighted by Crippen LogP contribution is -2.50. The van der Waals surface area contributed by atoms with Crippen molar-refractivity contribution in [2.75, 3.05) is 11.9 Å². The molecule has 0 spiro atoms. The molecule has 1 aliphatic heterocycles. The fourth-order valence-corrected chi connectivity index (χ4v) is 2.93. The number of carbonyl (C=O) groups is 1. The molecule has 1 aliphatic rings. The molecule has 0 bridgehead atoms. The van der Waals surface area contributed by atoms with Gasteiger partial charge in [0.1, 0.15) is 12.2 Å². The molecule has 138 valence electrons. The summed E-state index contributed by atoms with van der Waals surface area (Å²) in [5.74, 6) is -0.0715. The fraction of sp³-hybridized carbons (Fsp3) is 0.316. The first kappa shape index (κ1) is 18.7. The number of hydrogen-bond donors (Lipinski definition) is 5. The van der Waals surface area contributed by atoms with Crippen molar-refractivity contribution in [2.45, 2.75) is 32.5 Å². The Morgan fingerprint density at radius 1 is 1.08 bits per heavy atom. The number of anilines is 1. The van der Waals surface area contributed by atoms with Gasteiger partial charge in [-0.15, -0.1) is 0 Å². The molecule has 5 N–H and O–H groups in total. The monoisotopic (exact) mass is 373 g/mol. The van der Waals surface area contributed by atoms with Crippen LogP contribution < -0.4 is 27.0 Å². The average Bonchev–Trinajstić information content (AvgIpc) is 3.08. The summed E-state index contributed by atoms with van der Waals surface area (Å²) in [4.78, 5) is 12.5. The topological polar surface area (TPSA) is 77.2 Å². The highest BCUT2D eigenvalue weighted by Crippen LogP contribution is 2.16. The number of amides is 1. The van der Waals surface area contributed by atoms with Crippen LogP contribution in [0.4, 0.5) is 5.69 Å². The van der Waals surface area contributed by atoms with Crippen LogP contribution in [0.3, 0.4) is 0 Å². The Kier molecular flexibility index (Phi) is 6.11. The van der Waals surface area contributed by atoms with Crippen molar-refractivity contribution in [1.82, 2.24) is 21.7 Å². The highest BCUT2D eigenvalue weighted by Gasteiger charge is 2.32. The normalized spacial score (nSPS) is 19.3. The first-order chi connectivity index (χ1) is 12.5. The number of hydrogen-bond acceptors (Lipinski definition) is 5. The molecule has 0 saturated carbocycles. The van der Waals surface area contributed by atoms with Gasteiger partial charge in [-0.1, -0.05) is 29.8 Å². The molecule has 26 heavy (non-hydrogen) atoms. The van der Waals surface area contributed by atoms with Gasteiger partial charge in [0, 0.05) is 17.3 Å². The van der Waals surface area contributed by atoms with E-state index in [9.17, 15) is 4.79 Å². The van der Waals surface area contributed by atoms with Crippen LogP contribution in [0.2, 0.25) is 5.02 Å². The maximum atomic E-state index is 12.5. The molecule has 1 saturated heterocycles. The van der Waals surface area contributed by atoms with Gasteiger partial charge >= 0.3 is 0 Å². The first-order valence-corrected chi connectivity index (χ1v) is 9.03. The van der Waals surface area contributed by atoms with Crippen LogP contribution in [0.25, 0.3) is 0 Å². The van der Waals surface area contributed by atoms with Gasteiger partial charge in [-0.05, 0) is 61.2 Å². The lowest BCUT2D eigenvalue weighted by molar-refractivity contribution is -0.123. The molecular formula is C19H24ClN5O. The molecule has 7 heteroatoms. The average molecular weight is 374 g/mol. The second-order valence-electron chi connectivity index (χ2n) is 6.48. The van der Waals surface area contributed by atoms with E-state index in [4.69, 9.17) is 11.6 Å². The van der Waals surface area contributed by atoms with Gasteiger partial charge in [0.05, 0.1) is 0 Å². The van der Waals surface area contributed by atoms with Crippen molar-refractivity contribution in [3.05, 3.63) is 64.2 Å². The van der Waals surface area contributed by atoms with E-state index in [1.54, 1.807) is 0 Å². The van der Waals surface area contributed by atoms with E-state index >= 15 is 0 Å². The van der Waals surface area contributed by atoms with Gasteiger partial charge in [-0.3, -0.25) is 4.79 Å². The predicted molar refractivity (Wildman–Crippen MR) is 105 cm³/mol. The van der Waals surface area contributed by atoms with Gasteiger partial charge in [0.15, 0.2) is 0 Å². The summed E-state index contributed by atoms with van der Waals surface area (Å²) < 4.78 is 0. The van der Waals surface area contributed by atoms with Crippen LogP contribution in [0, 0.1) is 13.8 Å². The quantitative estimate of drug-likeness (QED) is 0.535. The summed E-state index contributed by atoms with van der Waals surface area (Å²) in [6.45, 7) is 4.71. The molecule has 0 aliphatic carbocycles. The van der Waals surface area contributed by atoms with E-state index in [0.717, 1.165) is 17.7 Å². The molecule has 3 rings (SSSR count). The van der Waals surface area contributed by atoms with Crippen molar-refractivity contribution in [2.24, 2.45) is 0 Å². The summed E-state index contributed by atoms with van der Waals surface area (Å²) in [6.07, 6.45) is 0.499. The third-order valence-corrected chi connectivity index (χ3v) is 4.78. The van der Waals surface area contributed by atoms with Crippen LogP contribution in [0.1, 0.15) is 16.7 Å². The van der Waals surface area contributed by atoms with Crippen LogP contribution in [-0.4, -0.2) is 24.7 Å². The van der Waals surface area contributed by atoms with E-state index in [1.807, 2.05) is 30.3 Å². The van der Waals surface area contributed by atoms with Crippen molar-refractivity contribution in [3.8, 4) is 0 Å². The van der Waals surface area contributed by atoms with Crippen molar-refractivity contribution in [1.29, 1.82) is 0 Å². The van der Waals surface area contributed by atoms with Crippen molar-refractivity contribution in [3.63, 3.8) is 0 Å². The Bertz CT molecular complexity index is 765. The molecule has 0 radical (unpaired) electrons. The third kappa shape index (κ3) is 4.74. The maximum Gasteiger partial charge on any atom is 0.242 e. The number of carbonyl (C=O) groups excluding carboxylic acids is 1.